The van der Waals surface area contributed by atoms with E-state index in [0.717, 1.165) is 0 Å². The Bertz CT molecular complexity index is 1220. The zero-order valence-corrected chi connectivity index (χ0v) is 16.1. The van der Waals surface area contributed by atoms with Gasteiger partial charge in [0.15, 0.2) is 5.69 Å². The molecule has 4 rings (SSSR count). The van der Waals surface area contributed by atoms with E-state index < -0.39 is 16.9 Å². The van der Waals surface area contributed by atoms with Crippen LogP contribution in [0.15, 0.2) is 47.2 Å². The molecule has 1 aromatic carbocycles. The third kappa shape index (κ3) is 3.60. The largest absolute Gasteiger partial charge is 0.339 e. The Labute approximate surface area is 169 Å². The molecule has 1 atom stereocenters. The first-order valence-electron chi connectivity index (χ1n) is 9.11. The number of non-ortho nitro benzene ring substituents is 1. The van der Waals surface area contributed by atoms with E-state index in [4.69, 9.17) is 4.52 Å². The second-order valence-electron chi connectivity index (χ2n) is 6.95. The summed E-state index contributed by atoms with van der Waals surface area (Å²) in [5.41, 5.74) is 1.12. The number of carbonyl (C=O) groups is 1. The van der Waals surface area contributed by atoms with Crippen molar-refractivity contribution in [3.8, 4) is 11.4 Å². The van der Waals surface area contributed by atoms with Crippen molar-refractivity contribution in [2.75, 3.05) is 0 Å². The van der Waals surface area contributed by atoms with E-state index in [9.17, 15) is 14.9 Å². The molecule has 0 fully saturated rings. The van der Waals surface area contributed by atoms with E-state index in [1.54, 1.807) is 24.5 Å². The average molecular weight is 407 g/mol. The lowest BCUT2D eigenvalue weighted by Crippen LogP contribution is -2.32. The van der Waals surface area contributed by atoms with Crippen molar-refractivity contribution in [2.45, 2.75) is 19.9 Å². The normalized spacial score (nSPS) is 12.2. The number of rotatable bonds is 6. The summed E-state index contributed by atoms with van der Waals surface area (Å²) >= 11 is 0. The molecule has 2 N–H and O–H groups in total. The average Bonchev–Trinajstić information content (AvgIpc) is 3.39. The first-order chi connectivity index (χ1) is 14.4. The highest BCUT2D eigenvalue weighted by Gasteiger charge is 2.27. The number of fused-ring (bicyclic) bond motifs is 1. The van der Waals surface area contributed by atoms with Gasteiger partial charge >= 0.3 is 0 Å². The number of pyridine rings is 1. The molecular weight excluding hydrogens is 390 g/mol. The SMILES string of the molecule is CC(C)C(NC(=O)c1n[nH]c2ccc([N+](=O)[O-])cc12)c1nc(-c2cccnc2)no1. The Hall–Kier alpha value is -4.15. The van der Waals surface area contributed by atoms with E-state index in [0.29, 0.717) is 22.3 Å². The molecular formula is C19H17N7O4. The van der Waals surface area contributed by atoms with E-state index in [1.165, 1.54) is 18.2 Å². The van der Waals surface area contributed by atoms with Crippen LogP contribution in [0.25, 0.3) is 22.3 Å². The maximum Gasteiger partial charge on any atom is 0.273 e. The van der Waals surface area contributed by atoms with Crippen LogP contribution in [-0.4, -0.2) is 36.2 Å². The molecule has 1 unspecified atom stereocenters. The Kier molecular flexibility index (Phi) is 4.92. The fourth-order valence-electron chi connectivity index (χ4n) is 2.99. The molecule has 11 heteroatoms. The third-order valence-corrected chi connectivity index (χ3v) is 4.55. The fourth-order valence-corrected chi connectivity index (χ4v) is 2.99. The maximum absolute atomic E-state index is 12.9. The van der Waals surface area contributed by atoms with Crippen LogP contribution in [0.4, 0.5) is 5.69 Å². The van der Waals surface area contributed by atoms with Crippen molar-refractivity contribution in [3.63, 3.8) is 0 Å². The van der Waals surface area contributed by atoms with Gasteiger partial charge in [-0.05, 0) is 24.1 Å². The molecule has 30 heavy (non-hydrogen) atoms. The predicted octanol–water partition coefficient (Wildman–Crippen LogP) is 3.04. The molecule has 0 radical (unpaired) electrons. The van der Waals surface area contributed by atoms with Crippen LogP contribution in [0.3, 0.4) is 0 Å². The summed E-state index contributed by atoms with van der Waals surface area (Å²) < 4.78 is 5.38. The monoisotopic (exact) mass is 407 g/mol. The lowest BCUT2D eigenvalue weighted by atomic mass is 10.0. The second-order valence-corrected chi connectivity index (χ2v) is 6.95. The standard InChI is InChI=1S/C19H17N7O4/c1-10(2)15(19-22-17(25-30-19)11-4-3-7-20-9-11)21-18(27)16-13-8-12(26(28)29)5-6-14(13)23-24-16/h3-10,15H,1-2H3,(H,21,27)(H,23,24). The number of benzene rings is 1. The van der Waals surface area contributed by atoms with Gasteiger partial charge < -0.3 is 9.84 Å². The summed E-state index contributed by atoms with van der Waals surface area (Å²) in [6, 6.07) is 7.14. The van der Waals surface area contributed by atoms with Gasteiger partial charge in [-0.25, -0.2) is 0 Å². The highest BCUT2D eigenvalue weighted by Crippen LogP contribution is 2.26. The van der Waals surface area contributed by atoms with Gasteiger partial charge in [-0.2, -0.15) is 10.1 Å². The number of nitro groups is 1. The van der Waals surface area contributed by atoms with Crippen molar-refractivity contribution in [1.29, 1.82) is 0 Å². The van der Waals surface area contributed by atoms with Crippen LogP contribution in [0.5, 0.6) is 0 Å². The van der Waals surface area contributed by atoms with E-state index in [2.05, 4.69) is 30.6 Å². The maximum atomic E-state index is 12.9. The number of nitrogens with one attached hydrogen (secondary N) is 2. The Morgan fingerprint density at radius 3 is 2.83 bits per heavy atom. The van der Waals surface area contributed by atoms with Crippen molar-refractivity contribution in [3.05, 3.63) is 64.4 Å². The zero-order valence-electron chi connectivity index (χ0n) is 16.1. The van der Waals surface area contributed by atoms with E-state index in [1.807, 2.05) is 13.8 Å². The molecule has 152 valence electrons. The lowest BCUT2D eigenvalue weighted by molar-refractivity contribution is -0.384. The van der Waals surface area contributed by atoms with Crippen molar-refractivity contribution < 1.29 is 14.2 Å². The number of aromatic nitrogens is 5. The highest BCUT2D eigenvalue weighted by molar-refractivity contribution is 6.05. The number of hydrogen-bond donors (Lipinski definition) is 2. The minimum absolute atomic E-state index is 0.0475. The molecule has 1 amide bonds. The third-order valence-electron chi connectivity index (χ3n) is 4.55. The first-order valence-corrected chi connectivity index (χ1v) is 9.11. The summed E-state index contributed by atoms with van der Waals surface area (Å²) in [4.78, 5) is 31.9. The number of nitrogens with zero attached hydrogens (tertiary/aromatic N) is 5. The van der Waals surface area contributed by atoms with Crippen LogP contribution >= 0.6 is 0 Å². The van der Waals surface area contributed by atoms with Crippen LogP contribution in [0.1, 0.15) is 36.3 Å². The summed E-state index contributed by atoms with van der Waals surface area (Å²) in [7, 11) is 0. The van der Waals surface area contributed by atoms with Gasteiger partial charge in [-0.3, -0.25) is 25.0 Å². The molecule has 11 nitrogen and oxygen atoms in total. The van der Waals surface area contributed by atoms with Gasteiger partial charge in [-0.1, -0.05) is 19.0 Å². The van der Waals surface area contributed by atoms with Crippen LogP contribution in [0, 0.1) is 16.0 Å². The number of H-pyrrole nitrogens is 1. The quantitative estimate of drug-likeness (QED) is 0.365. The summed E-state index contributed by atoms with van der Waals surface area (Å²) in [5.74, 6) is 0.0131. The number of aromatic amines is 1. The van der Waals surface area contributed by atoms with Gasteiger partial charge in [0.25, 0.3) is 11.6 Å². The summed E-state index contributed by atoms with van der Waals surface area (Å²) in [6.45, 7) is 3.79. The first kappa shape index (κ1) is 19.2. The fraction of sp³-hybridized carbons (Fsp3) is 0.211. The number of hydrogen-bond acceptors (Lipinski definition) is 8. The molecule has 0 spiro atoms. The highest BCUT2D eigenvalue weighted by atomic mass is 16.6. The molecule has 0 aliphatic rings. The smallest absolute Gasteiger partial charge is 0.273 e. The molecule has 0 saturated heterocycles. The minimum Gasteiger partial charge on any atom is -0.339 e. The summed E-state index contributed by atoms with van der Waals surface area (Å²) in [6.07, 6.45) is 3.25. The number of amides is 1. The van der Waals surface area contributed by atoms with Gasteiger partial charge in [0.1, 0.15) is 6.04 Å². The second kappa shape index (κ2) is 7.70. The van der Waals surface area contributed by atoms with Crippen LogP contribution in [-0.2, 0) is 0 Å². The van der Waals surface area contributed by atoms with Crippen molar-refractivity contribution >= 4 is 22.5 Å². The molecule has 3 heterocycles. The van der Waals surface area contributed by atoms with E-state index >= 15 is 0 Å². The Morgan fingerprint density at radius 1 is 1.30 bits per heavy atom. The van der Waals surface area contributed by atoms with Crippen LogP contribution < -0.4 is 5.32 Å². The molecule has 3 aromatic heterocycles. The Balaban J connectivity index is 1.62. The number of nitro benzene ring substituents is 1. The summed E-state index contributed by atoms with van der Waals surface area (Å²) in [5, 5.41) is 24.9. The lowest BCUT2D eigenvalue weighted by Gasteiger charge is -2.17. The molecule has 0 aliphatic heterocycles. The van der Waals surface area contributed by atoms with Gasteiger partial charge in [0, 0.05) is 35.5 Å². The minimum atomic E-state index is -0.583. The van der Waals surface area contributed by atoms with Gasteiger partial charge in [0.2, 0.25) is 11.7 Å². The van der Waals surface area contributed by atoms with Crippen molar-refractivity contribution in [1.82, 2.24) is 30.6 Å². The number of carbonyl (C=O) groups excluding carboxylic acids is 1. The van der Waals surface area contributed by atoms with Gasteiger partial charge in [-0.15, -0.1) is 0 Å². The molecule has 0 saturated carbocycles. The topological polar surface area (TPSA) is 153 Å². The molecule has 4 aromatic rings. The molecule has 0 aliphatic carbocycles. The predicted molar refractivity (Wildman–Crippen MR) is 105 cm³/mol. The zero-order chi connectivity index (χ0) is 21.3. The van der Waals surface area contributed by atoms with Gasteiger partial charge in [0.05, 0.1) is 10.4 Å². The Morgan fingerprint density at radius 2 is 2.13 bits per heavy atom. The van der Waals surface area contributed by atoms with Crippen LogP contribution in [0.2, 0.25) is 0 Å². The molecule has 0 bridgehead atoms. The van der Waals surface area contributed by atoms with Crippen molar-refractivity contribution in [2.24, 2.45) is 5.92 Å². The van der Waals surface area contributed by atoms with E-state index in [-0.39, 0.29) is 23.2 Å².